The number of likely N-dealkylation sites (tertiary alicyclic amines) is 1. The lowest BCUT2D eigenvalue weighted by Gasteiger charge is -2.32. The molecule has 0 bridgehead atoms. The predicted molar refractivity (Wildman–Crippen MR) is 113 cm³/mol. The molecule has 2 fully saturated rings. The van der Waals surface area contributed by atoms with Crippen LogP contribution in [0.15, 0.2) is 22.3 Å². The number of hydrogen-bond acceptors (Lipinski definition) is 5. The van der Waals surface area contributed by atoms with Crippen molar-refractivity contribution in [2.24, 2.45) is 0 Å². The summed E-state index contributed by atoms with van der Waals surface area (Å²) in [6.07, 6.45) is 7.33. The van der Waals surface area contributed by atoms with Crippen LogP contribution >= 0.6 is 11.3 Å². The molecule has 0 radical (unpaired) electrons. The predicted octanol–water partition coefficient (Wildman–Crippen LogP) is 2.69. The third-order valence-corrected chi connectivity index (χ3v) is 7.67. The first-order valence-electron chi connectivity index (χ1n) is 10.8. The number of amides is 1. The lowest BCUT2D eigenvalue weighted by molar-refractivity contribution is -0.129. The molecule has 6 nitrogen and oxygen atoms in total. The molecule has 7 heteroatoms. The molecule has 3 aliphatic rings. The van der Waals surface area contributed by atoms with Crippen LogP contribution in [-0.4, -0.2) is 51.4 Å². The van der Waals surface area contributed by atoms with Crippen molar-refractivity contribution in [2.45, 2.75) is 63.5 Å². The highest BCUT2D eigenvalue weighted by Gasteiger charge is 2.32. The van der Waals surface area contributed by atoms with Crippen LogP contribution in [0, 0.1) is 0 Å². The number of hydrogen-bond donors (Lipinski definition) is 1. The van der Waals surface area contributed by atoms with Gasteiger partial charge >= 0.3 is 0 Å². The second-order valence-corrected chi connectivity index (χ2v) is 9.65. The van der Waals surface area contributed by atoms with E-state index in [-0.39, 0.29) is 17.4 Å². The number of H-pyrrole nitrogens is 1. The van der Waals surface area contributed by atoms with Crippen molar-refractivity contribution in [3.8, 4) is 0 Å². The van der Waals surface area contributed by atoms with E-state index in [1.165, 1.54) is 25.7 Å². The van der Waals surface area contributed by atoms with Gasteiger partial charge in [-0.3, -0.25) is 14.5 Å². The van der Waals surface area contributed by atoms with Crippen LogP contribution in [0.3, 0.4) is 0 Å². The highest BCUT2D eigenvalue weighted by atomic mass is 32.1. The first kappa shape index (κ1) is 19.0. The van der Waals surface area contributed by atoms with Crippen LogP contribution in [-0.2, 0) is 24.2 Å². The van der Waals surface area contributed by atoms with Crippen molar-refractivity contribution >= 4 is 17.2 Å². The minimum atomic E-state index is 0.0241. The molecule has 1 saturated heterocycles. The van der Waals surface area contributed by atoms with Crippen molar-refractivity contribution in [2.75, 3.05) is 19.6 Å². The number of thiophene rings is 1. The molecule has 29 heavy (non-hydrogen) atoms. The Morgan fingerprint density at radius 3 is 2.90 bits per heavy atom. The third-order valence-electron chi connectivity index (χ3n) is 6.79. The van der Waals surface area contributed by atoms with Gasteiger partial charge in [0.2, 0.25) is 5.91 Å². The fourth-order valence-corrected chi connectivity index (χ4v) is 5.82. The fraction of sp³-hybridized carbons (Fsp3) is 0.591. The van der Waals surface area contributed by atoms with Gasteiger partial charge in [-0.25, -0.2) is 4.98 Å². The number of nitrogens with one attached hydrogen (secondary N) is 1. The molecule has 1 unspecified atom stereocenters. The number of aromatic nitrogens is 2. The van der Waals surface area contributed by atoms with Crippen molar-refractivity contribution in [3.05, 3.63) is 49.8 Å². The van der Waals surface area contributed by atoms with Crippen molar-refractivity contribution < 1.29 is 4.79 Å². The minimum absolute atomic E-state index is 0.0241. The Hall–Kier alpha value is -1.99. The Balaban J connectivity index is 1.27. The summed E-state index contributed by atoms with van der Waals surface area (Å²) in [5, 5.41) is 2.00. The number of aromatic amines is 1. The largest absolute Gasteiger partial charge is 0.342 e. The van der Waals surface area contributed by atoms with E-state index in [2.05, 4.69) is 9.88 Å². The summed E-state index contributed by atoms with van der Waals surface area (Å²) in [4.78, 5) is 38.8. The zero-order valence-corrected chi connectivity index (χ0v) is 17.5. The molecule has 1 aliphatic carbocycles. The molecule has 1 amide bonds. The maximum absolute atomic E-state index is 12.8. The van der Waals surface area contributed by atoms with Gasteiger partial charge in [0, 0.05) is 49.4 Å². The summed E-state index contributed by atoms with van der Waals surface area (Å²) in [6.45, 7) is 3.13. The molecule has 1 atom stereocenters. The van der Waals surface area contributed by atoms with Crippen molar-refractivity contribution in [3.63, 3.8) is 0 Å². The zero-order chi connectivity index (χ0) is 19.8. The first-order chi connectivity index (χ1) is 14.2. The van der Waals surface area contributed by atoms with Gasteiger partial charge in [-0.15, -0.1) is 11.3 Å². The molecule has 154 valence electrons. The fourth-order valence-electron chi connectivity index (χ4n) is 5.12. The highest BCUT2D eigenvalue weighted by Crippen LogP contribution is 2.29. The van der Waals surface area contributed by atoms with E-state index in [1.807, 2.05) is 22.4 Å². The van der Waals surface area contributed by atoms with E-state index < -0.39 is 0 Å². The molecular formula is C22H28N4O2S. The summed E-state index contributed by atoms with van der Waals surface area (Å²) in [6, 6.07) is 4.63. The van der Waals surface area contributed by atoms with E-state index in [0.29, 0.717) is 19.0 Å². The summed E-state index contributed by atoms with van der Waals surface area (Å²) in [5.41, 5.74) is 1.85. The van der Waals surface area contributed by atoms with Gasteiger partial charge in [-0.05, 0) is 30.7 Å². The Labute approximate surface area is 175 Å². The first-order valence-corrected chi connectivity index (χ1v) is 11.7. The van der Waals surface area contributed by atoms with Crippen LogP contribution in [0.5, 0.6) is 0 Å². The van der Waals surface area contributed by atoms with E-state index >= 15 is 0 Å². The minimum Gasteiger partial charge on any atom is -0.342 e. The maximum Gasteiger partial charge on any atom is 0.255 e. The molecule has 4 heterocycles. The smallest absolute Gasteiger partial charge is 0.255 e. The molecule has 2 aromatic heterocycles. The molecule has 5 rings (SSSR count). The topological polar surface area (TPSA) is 69.3 Å². The Morgan fingerprint density at radius 2 is 2.10 bits per heavy atom. The molecule has 2 aromatic rings. The molecule has 2 aliphatic heterocycles. The molecule has 0 spiro atoms. The lowest BCUT2D eigenvalue weighted by Crippen LogP contribution is -2.41. The van der Waals surface area contributed by atoms with E-state index in [4.69, 9.17) is 4.98 Å². The number of carbonyl (C=O) groups excluding carboxylic acids is 1. The van der Waals surface area contributed by atoms with Gasteiger partial charge in [-0.2, -0.15) is 0 Å². The van der Waals surface area contributed by atoms with E-state index in [9.17, 15) is 9.59 Å². The lowest BCUT2D eigenvalue weighted by atomic mass is 10.0. The van der Waals surface area contributed by atoms with Crippen molar-refractivity contribution in [1.82, 2.24) is 19.8 Å². The molecule has 1 saturated carbocycles. The summed E-state index contributed by atoms with van der Waals surface area (Å²) in [5.74, 6) is 1.07. The van der Waals surface area contributed by atoms with Crippen LogP contribution < -0.4 is 5.56 Å². The monoisotopic (exact) mass is 412 g/mol. The molecule has 0 aromatic carbocycles. The van der Waals surface area contributed by atoms with Crippen LogP contribution in [0.2, 0.25) is 0 Å². The Kier molecular flexibility index (Phi) is 5.26. The second kappa shape index (κ2) is 8.03. The average Bonchev–Trinajstić information content (AvgIpc) is 3.49. The van der Waals surface area contributed by atoms with Gasteiger partial charge in [0.1, 0.15) is 5.82 Å². The quantitative estimate of drug-likeness (QED) is 0.838. The van der Waals surface area contributed by atoms with Crippen LogP contribution in [0.1, 0.15) is 60.0 Å². The van der Waals surface area contributed by atoms with Crippen LogP contribution in [0.4, 0.5) is 0 Å². The zero-order valence-electron chi connectivity index (χ0n) is 16.7. The summed E-state index contributed by atoms with van der Waals surface area (Å²) in [7, 11) is 0. The SMILES string of the molecule is O=C(Cc1cccs1)N1CCC(c2nc3c(c(=O)[nH]2)CN(C2CCCC2)CC3)C1. The van der Waals surface area contributed by atoms with Gasteiger partial charge < -0.3 is 9.88 Å². The third kappa shape index (κ3) is 3.90. The summed E-state index contributed by atoms with van der Waals surface area (Å²) >= 11 is 1.62. The van der Waals surface area contributed by atoms with Gasteiger partial charge in [0.15, 0.2) is 0 Å². The molecular weight excluding hydrogens is 384 g/mol. The highest BCUT2D eigenvalue weighted by molar-refractivity contribution is 7.10. The maximum atomic E-state index is 12.8. The molecule has 1 N–H and O–H groups in total. The van der Waals surface area contributed by atoms with E-state index in [0.717, 1.165) is 54.4 Å². The number of nitrogens with zero attached hydrogens (tertiary/aromatic N) is 3. The average molecular weight is 413 g/mol. The Bertz CT molecular complexity index is 933. The van der Waals surface area contributed by atoms with Gasteiger partial charge in [0.05, 0.1) is 17.7 Å². The van der Waals surface area contributed by atoms with Gasteiger partial charge in [0.25, 0.3) is 5.56 Å². The number of fused-ring (bicyclic) bond motifs is 1. The number of carbonyl (C=O) groups is 1. The second-order valence-electron chi connectivity index (χ2n) is 8.62. The Morgan fingerprint density at radius 1 is 1.24 bits per heavy atom. The van der Waals surface area contributed by atoms with Crippen molar-refractivity contribution in [1.29, 1.82) is 0 Å². The van der Waals surface area contributed by atoms with Gasteiger partial charge in [-0.1, -0.05) is 18.9 Å². The number of rotatable bonds is 4. The van der Waals surface area contributed by atoms with E-state index in [1.54, 1.807) is 11.3 Å². The standard InChI is InChI=1S/C22H28N4O2S/c27-20(12-17-6-3-11-29-17)26-9-7-15(13-26)21-23-19-8-10-25(16-4-1-2-5-16)14-18(19)22(28)24-21/h3,6,11,15-16H,1-2,4-5,7-10,12-14H2,(H,23,24,28). The normalized spacial score (nSPS) is 22.9. The van der Waals surface area contributed by atoms with Crippen LogP contribution in [0.25, 0.3) is 0 Å². The summed E-state index contributed by atoms with van der Waals surface area (Å²) < 4.78 is 0.